The summed E-state index contributed by atoms with van der Waals surface area (Å²) in [6.45, 7) is 4.07. The van der Waals surface area contributed by atoms with Gasteiger partial charge in [-0.1, -0.05) is 6.07 Å². The van der Waals surface area contributed by atoms with Crippen molar-refractivity contribution in [3.63, 3.8) is 0 Å². The van der Waals surface area contributed by atoms with Crippen LogP contribution in [0.1, 0.15) is 13.3 Å². The number of nitro benzene ring substituents is 1. The summed E-state index contributed by atoms with van der Waals surface area (Å²) in [4.78, 5) is 13.0. The fraction of sp³-hybridized carbons (Fsp3) is 0.538. The quantitative estimate of drug-likeness (QED) is 0.653. The number of anilines is 2. The molecule has 0 bridgehead atoms. The van der Waals surface area contributed by atoms with E-state index in [1.807, 2.05) is 17.9 Å². The molecule has 0 amide bonds. The monoisotopic (exact) mass is 265 g/mol. The van der Waals surface area contributed by atoms with E-state index in [4.69, 9.17) is 4.74 Å². The van der Waals surface area contributed by atoms with E-state index in [2.05, 4.69) is 5.32 Å². The van der Waals surface area contributed by atoms with Gasteiger partial charge < -0.3 is 15.0 Å². The summed E-state index contributed by atoms with van der Waals surface area (Å²) in [6.07, 6.45) is 1.06. The molecule has 1 fully saturated rings. The highest BCUT2D eigenvalue weighted by atomic mass is 16.6. The number of ether oxygens (including phenoxy) is 1. The van der Waals surface area contributed by atoms with Gasteiger partial charge in [-0.05, 0) is 25.5 Å². The summed E-state index contributed by atoms with van der Waals surface area (Å²) in [6, 6.07) is 5.40. The zero-order chi connectivity index (χ0) is 13.8. The smallest absolute Gasteiger partial charge is 0.315 e. The number of benzene rings is 1. The number of hydrogen-bond acceptors (Lipinski definition) is 5. The Morgan fingerprint density at radius 1 is 1.58 bits per heavy atom. The van der Waals surface area contributed by atoms with E-state index in [0.717, 1.165) is 13.0 Å². The lowest BCUT2D eigenvalue weighted by atomic mass is 10.2. The number of para-hydroxylation sites is 1. The van der Waals surface area contributed by atoms with Crippen LogP contribution < -0.4 is 10.2 Å². The van der Waals surface area contributed by atoms with Gasteiger partial charge in [0.25, 0.3) is 0 Å². The van der Waals surface area contributed by atoms with Crippen LogP contribution >= 0.6 is 0 Å². The largest absolute Gasteiger partial charge is 0.380 e. The van der Waals surface area contributed by atoms with E-state index in [0.29, 0.717) is 24.5 Å². The second-order valence-electron chi connectivity index (χ2n) is 4.55. The molecule has 6 nitrogen and oxygen atoms in total. The summed E-state index contributed by atoms with van der Waals surface area (Å²) in [7, 11) is 1.68. The fourth-order valence-corrected chi connectivity index (χ4v) is 2.45. The van der Waals surface area contributed by atoms with Gasteiger partial charge in [-0.2, -0.15) is 0 Å². The standard InChI is InChI=1S/C13H19N3O3/c1-3-14-11-5-4-6-12(13(11)16(17)18)15-8-7-10(9-15)19-2/h4-6,10,14H,3,7-9H2,1-2H3. The first-order valence-corrected chi connectivity index (χ1v) is 6.46. The van der Waals surface area contributed by atoms with Crippen LogP contribution in [0.3, 0.4) is 0 Å². The van der Waals surface area contributed by atoms with Gasteiger partial charge in [0.1, 0.15) is 11.4 Å². The molecule has 2 rings (SSSR count). The number of methoxy groups -OCH3 is 1. The van der Waals surface area contributed by atoms with E-state index in [-0.39, 0.29) is 16.7 Å². The summed E-state index contributed by atoms with van der Waals surface area (Å²) in [5.41, 5.74) is 1.40. The summed E-state index contributed by atoms with van der Waals surface area (Å²) >= 11 is 0. The molecule has 1 aliphatic heterocycles. The van der Waals surface area contributed by atoms with Gasteiger partial charge in [0.15, 0.2) is 0 Å². The van der Waals surface area contributed by atoms with Gasteiger partial charge in [0.05, 0.1) is 11.0 Å². The van der Waals surface area contributed by atoms with Crippen LogP contribution in [0.25, 0.3) is 0 Å². The molecule has 1 aromatic carbocycles. The lowest BCUT2D eigenvalue weighted by Crippen LogP contribution is -2.23. The van der Waals surface area contributed by atoms with Crippen molar-refractivity contribution >= 4 is 17.1 Å². The van der Waals surface area contributed by atoms with Crippen LogP contribution in [-0.4, -0.2) is 37.8 Å². The van der Waals surface area contributed by atoms with Crippen molar-refractivity contribution in [1.29, 1.82) is 0 Å². The van der Waals surface area contributed by atoms with Crippen LogP contribution in [0.5, 0.6) is 0 Å². The molecule has 1 atom stereocenters. The average molecular weight is 265 g/mol. The third-order valence-corrected chi connectivity index (χ3v) is 3.38. The molecule has 19 heavy (non-hydrogen) atoms. The number of nitrogens with zero attached hydrogens (tertiary/aromatic N) is 2. The maximum absolute atomic E-state index is 11.3. The molecule has 1 aromatic rings. The molecule has 104 valence electrons. The molecule has 1 unspecified atom stereocenters. The van der Waals surface area contributed by atoms with Gasteiger partial charge in [0, 0.05) is 26.7 Å². The Morgan fingerprint density at radius 3 is 2.95 bits per heavy atom. The Bertz CT molecular complexity index is 464. The molecule has 0 spiro atoms. The minimum Gasteiger partial charge on any atom is -0.380 e. The second-order valence-corrected chi connectivity index (χ2v) is 4.55. The first-order valence-electron chi connectivity index (χ1n) is 6.46. The number of rotatable bonds is 5. The average Bonchev–Trinajstić information content (AvgIpc) is 2.87. The Balaban J connectivity index is 2.34. The molecule has 0 radical (unpaired) electrons. The second kappa shape index (κ2) is 5.88. The predicted octanol–water partition coefficient (Wildman–Crippen LogP) is 2.25. The molecule has 1 aliphatic rings. The Labute approximate surface area is 112 Å². The molecule has 1 heterocycles. The van der Waals surface area contributed by atoms with E-state index in [1.54, 1.807) is 19.2 Å². The van der Waals surface area contributed by atoms with Gasteiger partial charge >= 0.3 is 5.69 Å². The van der Waals surface area contributed by atoms with Crippen molar-refractivity contribution in [2.75, 3.05) is 37.0 Å². The Morgan fingerprint density at radius 2 is 2.37 bits per heavy atom. The van der Waals surface area contributed by atoms with Crippen LogP contribution in [0.2, 0.25) is 0 Å². The van der Waals surface area contributed by atoms with E-state index in [9.17, 15) is 10.1 Å². The maximum atomic E-state index is 11.3. The summed E-state index contributed by atoms with van der Waals surface area (Å²) < 4.78 is 5.31. The Hall–Kier alpha value is -1.82. The maximum Gasteiger partial charge on any atom is 0.315 e. The predicted molar refractivity (Wildman–Crippen MR) is 74.9 cm³/mol. The lowest BCUT2D eigenvalue weighted by molar-refractivity contribution is -0.383. The zero-order valence-corrected chi connectivity index (χ0v) is 11.3. The highest BCUT2D eigenvalue weighted by Crippen LogP contribution is 2.37. The van der Waals surface area contributed by atoms with Crippen molar-refractivity contribution in [1.82, 2.24) is 0 Å². The van der Waals surface area contributed by atoms with Crippen molar-refractivity contribution in [3.05, 3.63) is 28.3 Å². The Kier molecular flexibility index (Phi) is 4.21. The zero-order valence-electron chi connectivity index (χ0n) is 11.3. The molecule has 0 aliphatic carbocycles. The topological polar surface area (TPSA) is 67.6 Å². The van der Waals surface area contributed by atoms with Crippen molar-refractivity contribution in [3.8, 4) is 0 Å². The van der Waals surface area contributed by atoms with Gasteiger partial charge in [-0.25, -0.2) is 0 Å². The minimum atomic E-state index is -0.312. The molecule has 1 saturated heterocycles. The van der Waals surface area contributed by atoms with Crippen molar-refractivity contribution < 1.29 is 9.66 Å². The van der Waals surface area contributed by atoms with Crippen LogP contribution in [0, 0.1) is 10.1 Å². The molecule has 0 saturated carbocycles. The number of nitrogens with one attached hydrogen (secondary N) is 1. The van der Waals surface area contributed by atoms with E-state index in [1.165, 1.54) is 0 Å². The van der Waals surface area contributed by atoms with Gasteiger partial charge in [-0.3, -0.25) is 10.1 Å². The first kappa shape index (κ1) is 13.6. The highest BCUT2D eigenvalue weighted by molar-refractivity contribution is 5.77. The van der Waals surface area contributed by atoms with E-state index >= 15 is 0 Å². The van der Waals surface area contributed by atoms with Crippen LogP contribution in [0.15, 0.2) is 18.2 Å². The van der Waals surface area contributed by atoms with Gasteiger partial charge in [-0.15, -0.1) is 0 Å². The SMILES string of the molecule is CCNc1cccc(N2CCC(OC)C2)c1[N+](=O)[O-]. The lowest BCUT2D eigenvalue weighted by Gasteiger charge is -2.19. The summed E-state index contributed by atoms with van der Waals surface area (Å²) in [5.74, 6) is 0. The fourth-order valence-electron chi connectivity index (χ4n) is 2.45. The molecule has 0 aromatic heterocycles. The first-order chi connectivity index (χ1) is 9.17. The van der Waals surface area contributed by atoms with Crippen LogP contribution in [0.4, 0.5) is 17.1 Å². The summed E-state index contributed by atoms with van der Waals surface area (Å²) in [5, 5.41) is 14.4. The third-order valence-electron chi connectivity index (χ3n) is 3.38. The minimum absolute atomic E-state index is 0.154. The highest BCUT2D eigenvalue weighted by Gasteiger charge is 2.29. The van der Waals surface area contributed by atoms with Crippen molar-refractivity contribution in [2.45, 2.75) is 19.4 Å². The molecule has 6 heteroatoms. The normalized spacial score (nSPS) is 18.6. The van der Waals surface area contributed by atoms with Gasteiger partial charge in [0.2, 0.25) is 0 Å². The van der Waals surface area contributed by atoms with Crippen molar-refractivity contribution in [2.24, 2.45) is 0 Å². The number of hydrogen-bond donors (Lipinski definition) is 1. The molecular formula is C13H19N3O3. The van der Waals surface area contributed by atoms with E-state index < -0.39 is 0 Å². The van der Waals surface area contributed by atoms with Crippen LogP contribution in [-0.2, 0) is 4.74 Å². The number of nitro groups is 1. The molecule has 1 N–H and O–H groups in total. The third kappa shape index (κ3) is 2.78. The molecular weight excluding hydrogens is 246 g/mol.